The molecular formula is C72H78Cl2N4O10S2. The summed E-state index contributed by atoms with van der Waals surface area (Å²) in [5.41, 5.74) is 8.31. The fourth-order valence-electron chi connectivity index (χ4n) is 15.7. The lowest BCUT2D eigenvalue weighted by molar-refractivity contribution is 0.0454. The SMILES string of the molecule is O=C1NS(=O)(=O)C[C@@H](c2ccccc2)C/C=C/[C@H](O)[C@@H]2CC[C@H]2CN2C[C@@]3(CCCc4cc(Cl)ccc43)COc3ccc1cc32.O=C1NS(=O)(=O)C[C@H](c2ccccc2)C/C=C/[C@H](O)[C@@H]2CC[C@H]2CN2C[C@@]3(CCCc4cc(Cl)ccc43)COc3ccc1cc32. The summed E-state index contributed by atoms with van der Waals surface area (Å²) in [4.78, 5) is 31.6. The lowest BCUT2D eigenvalue weighted by Crippen LogP contribution is -2.49. The second-order valence-electron chi connectivity index (χ2n) is 26.5. The summed E-state index contributed by atoms with van der Waals surface area (Å²) in [5, 5.41) is 24.1. The van der Waals surface area contributed by atoms with Gasteiger partial charge in [0.15, 0.2) is 0 Å². The average Bonchev–Trinajstić information content (AvgIpc) is 1.49. The van der Waals surface area contributed by atoms with Crippen LogP contribution in [-0.4, -0.2) is 102 Å². The molecule has 14 rings (SSSR count). The first-order valence-corrected chi connectivity index (χ1v) is 36.0. The number of allylic oxidation sites excluding steroid dienone is 2. The normalized spacial score (nSPS) is 30.1. The second kappa shape index (κ2) is 25.8. The van der Waals surface area contributed by atoms with Crippen molar-refractivity contribution in [3.05, 3.63) is 212 Å². The predicted molar refractivity (Wildman–Crippen MR) is 353 cm³/mol. The zero-order chi connectivity index (χ0) is 62.4. The molecule has 2 amide bonds. The molecule has 0 aromatic heterocycles. The van der Waals surface area contributed by atoms with Crippen LogP contribution in [0.5, 0.6) is 11.5 Å². The molecule has 4 bridgehead atoms. The molecule has 4 heterocycles. The van der Waals surface area contributed by atoms with E-state index in [0.717, 1.165) is 96.8 Å². The number of fused-ring (bicyclic) bond motifs is 8. The zero-order valence-electron chi connectivity index (χ0n) is 50.4. The number of aliphatic hydroxyl groups excluding tert-OH is 2. The fourth-order valence-corrected chi connectivity index (χ4v) is 18.8. The minimum absolute atomic E-state index is 0.0977. The molecule has 6 aromatic carbocycles. The Kier molecular flexibility index (Phi) is 17.8. The van der Waals surface area contributed by atoms with Crippen molar-refractivity contribution < 1.29 is 46.1 Å². The minimum atomic E-state index is -3.98. The number of rotatable bonds is 2. The van der Waals surface area contributed by atoms with Gasteiger partial charge in [0, 0.05) is 70.0 Å². The Hall–Kier alpha value is -6.66. The van der Waals surface area contributed by atoms with Crippen LogP contribution in [0.3, 0.4) is 0 Å². The number of aryl methyl sites for hydroxylation is 2. The number of carbonyl (C=O) groups is 2. The van der Waals surface area contributed by atoms with Crippen molar-refractivity contribution >= 4 is 66.4 Å². The maximum absolute atomic E-state index is 13.5. The molecular weight excluding hydrogens is 1220 g/mol. The Morgan fingerprint density at radius 2 is 0.944 bits per heavy atom. The molecule has 18 heteroatoms. The first kappa shape index (κ1) is 62.2. The molecule has 90 heavy (non-hydrogen) atoms. The third-order valence-corrected chi connectivity index (χ3v) is 23.9. The molecule has 4 N–H and O–H groups in total. The number of amides is 2. The second-order valence-corrected chi connectivity index (χ2v) is 30.9. The molecule has 2 spiro atoms. The molecule has 4 aliphatic carbocycles. The first-order chi connectivity index (χ1) is 43.4. The third kappa shape index (κ3) is 13.2. The van der Waals surface area contributed by atoms with Crippen molar-refractivity contribution in [1.29, 1.82) is 0 Å². The van der Waals surface area contributed by atoms with Gasteiger partial charge in [-0.25, -0.2) is 26.3 Å². The quantitative estimate of drug-likeness (QED) is 0.120. The van der Waals surface area contributed by atoms with Crippen molar-refractivity contribution in [2.75, 3.05) is 60.7 Å². The maximum atomic E-state index is 13.5. The molecule has 0 radical (unpaired) electrons. The Balaban J connectivity index is 0.000000165. The van der Waals surface area contributed by atoms with Gasteiger partial charge in [0.05, 0.1) is 48.3 Å². The highest BCUT2D eigenvalue weighted by Crippen LogP contribution is 2.49. The van der Waals surface area contributed by atoms with Crippen molar-refractivity contribution in [2.45, 2.75) is 112 Å². The number of nitrogens with zero attached hydrogens (tertiary/aromatic N) is 2. The van der Waals surface area contributed by atoms with E-state index in [9.17, 15) is 36.6 Å². The Labute approximate surface area is 538 Å². The summed E-state index contributed by atoms with van der Waals surface area (Å²) >= 11 is 12.8. The summed E-state index contributed by atoms with van der Waals surface area (Å²) in [5.74, 6) is -0.475. The lowest BCUT2D eigenvalue weighted by Gasteiger charge is -2.45. The van der Waals surface area contributed by atoms with Crippen LogP contribution in [0, 0.1) is 23.7 Å². The van der Waals surface area contributed by atoms with Crippen LogP contribution in [0.4, 0.5) is 11.4 Å². The van der Waals surface area contributed by atoms with Gasteiger partial charge in [-0.15, -0.1) is 0 Å². The first-order valence-electron chi connectivity index (χ1n) is 31.9. The topological polar surface area (TPSA) is 192 Å². The van der Waals surface area contributed by atoms with E-state index in [1.165, 1.54) is 22.3 Å². The molecule has 2 fully saturated rings. The van der Waals surface area contributed by atoms with E-state index < -0.39 is 44.1 Å². The van der Waals surface area contributed by atoms with Crippen LogP contribution in [-0.2, 0) is 43.7 Å². The van der Waals surface area contributed by atoms with Crippen LogP contribution < -0.4 is 28.7 Å². The molecule has 4 aliphatic heterocycles. The van der Waals surface area contributed by atoms with Crippen molar-refractivity contribution in [2.24, 2.45) is 23.7 Å². The maximum Gasteiger partial charge on any atom is 0.264 e. The highest BCUT2D eigenvalue weighted by molar-refractivity contribution is 7.90. The highest BCUT2D eigenvalue weighted by atomic mass is 35.5. The lowest BCUT2D eigenvalue weighted by atomic mass is 9.68. The number of benzene rings is 6. The number of aliphatic hydroxyl groups is 2. The van der Waals surface area contributed by atoms with Crippen LogP contribution in [0.2, 0.25) is 10.0 Å². The Morgan fingerprint density at radius 1 is 0.522 bits per heavy atom. The van der Waals surface area contributed by atoms with Crippen LogP contribution in [0.25, 0.3) is 0 Å². The monoisotopic (exact) mass is 1290 g/mol. The van der Waals surface area contributed by atoms with E-state index in [2.05, 4.69) is 43.5 Å². The molecule has 0 saturated heterocycles. The van der Waals surface area contributed by atoms with Gasteiger partial charge < -0.3 is 29.5 Å². The van der Waals surface area contributed by atoms with Crippen LogP contribution >= 0.6 is 23.2 Å². The summed E-state index contributed by atoms with van der Waals surface area (Å²) in [6, 6.07) is 41.7. The Morgan fingerprint density at radius 3 is 1.34 bits per heavy atom. The number of sulfonamides is 2. The summed E-state index contributed by atoms with van der Waals surface area (Å²) < 4.78 is 71.2. The van der Waals surface area contributed by atoms with E-state index in [-0.39, 0.29) is 69.0 Å². The largest absolute Gasteiger partial charge is 0.490 e. The minimum Gasteiger partial charge on any atom is -0.490 e. The Bertz CT molecular complexity index is 3710. The van der Waals surface area contributed by atoms with E-state index in [1.54, 1.807) is 36.4 Å². The highest BCUT2D eigenvalue weighted by Gasteiger charge is 2.47. The van der Waals surface area contributed by atoms with Gasteiger partial charge >= 0.3 is 0 Å². The average molecular weight is 1290 g/mol. The van der Waals surface area contributed by atoms with Crippen molar-refractivity contribution in [3.63, 3.8) is 0 Å². The van der Waals surface area contributed by atoms with E-state index >= 15 is 0 Å². The van der Waals surface area contributed by atoms with Gasteiger partial charge in [-0.2, -0.15) is 0 Å². The number of nitrogens with one attached hydrogen (secondary N) is 2. The van der Waals surface area contributed by atoms with Crippen molar-refractivity contribution in [3.8, 4) is 11.5 Å². The van der Waals surface area contributed by atoms with Crippen molar-refractivity contribution in [1.82, 2.24) is 9.44 Å². The number of ether oxygens (including phenoxy) is 2. The zero-order valence-corrected chi connectivity index (χ0v) is 53.5. The van der Waals surface area contributed by atoms with Gasteiger partial charge in [0.25, 0.3) is 11.8 Å². The molecule has 2 saturated carbocycles. The van der Waals surface area contributed by atoms with E-state index in [0.29, 0.717) is 63.7 Å². The third-order valence-electron chi connectivity index (χ3n) is 20.7. The van der Waals surface area contributed by atoms with Gasteiger partial charge in [-0.05, 0) is 195 Å². The summed E-state index contributed by atoms with van der Waals surface area (Å²) in [6.45, 7) is 3.76. The number of carbonyl (C=O) groups excluding carboxylic acids is 2. The van der Waals surface area contributed by atoms with Gasteiger partial charge in [0.2, 0.25) is 20.0 Å². The van der Waals surface area contributed by atoms with Crippen LogP contribution in [0.15, 0.2) is 158 Å². The summed E-state index contributed by atoms with van der Waals surface area (Å²) in [7, 11) is -7.96. The molecule has 8 aliphatic rings. The van der Waals surface area contributed by atoms with Crippen LogP contribution in [0.1, 0.15) is 130 Å². The number of anilines is 2. The van der Waals surface area contributed by atoms with E-state index in [1.807, 2.05) is 97.1 Å². The number of hydrogen-bond acceptors (Lipinski definition) is 12. The standard InChI is InChI=1S/2C36H39ClN2O5S/c2*37-29-13-15-31-25(18-29)9-5-17-36(31)22-39-20-27-11-14-30(27)33(40)10-4-8-28(24-6-2-1-3-7-24)21-45(42,43)38-35(41)26-12-16-34(44-23-36)32(39)19-26/h2*1-4,6-7,10,12-13,15-16,18-19,27-28,30,33,40H,5,8-9,11,14,17,20-23H2,(H,38,41)/b2*10-4+/t27-,28+,30+,33-,36-;27-,28-,30+,33-,36-/m00/s1. The molecule has 0 unspecified atom stereocenters. The molecule has 472 valence electrons. The number of hydrogen-bond donors (Lipinski definition) is 4. The van der Waals surface area contributed by atoms with E-state index in [4.69, 9.17) is 32.7 Å². The molecule has 10 atom stereocenters. The molecule has 6 aromatic rings. The van der Waals surface area contributed by atoms with Gasteiger partial charge in [-0.3, -0.25) is 9.59 Å². The van der Waals surface area contributed by atoms with Gasteiger partial charge in [-0.1, -0.05) is 120 Å². The predicted octanol–water partition coefficient (Wildman–Crippen LogP) is 12.0. The smallest absolute Gasteiger partial charge is 0.264 e. The van der Waals surface area contributed by atoms with Gasteiger partial charge in [0.1, 0.15) is 11.5 Å². The molecule has 14 nitrogen and oxygen atoms in total. The number of halogens is 2. The summed E-state index contributed by atoms with van der Waals surface area (Å²) in [6.07, 6.45) is 16.9. The fraction of sp³-hybridized carbons (Fsp3) is 0.417.